The Morgan fingerprint density at radius 3 is 1.56 bits per heavy atom. The molecule has 1 aliphatic rings. The minimum Gasteiger partial charge on any atom is -0.453 e. The zero-order valence-electron chi connectivity index (χ0n) is 19.0. The largest absolute Gasteiger partial charge is 0.453 e. The van der Waals surface area contributed by atoms with Crippen LogP contribution in [0.15, 0.2) is 91.0 Å². The van der Waals surface area contributed by atoms with Crippen molar-refractivity contribution in [2.24, 2.45) is 0 Å². The molecule has 9 heteroatoms. The number of rotatable bonds is 8. The average Bonchev–Trinajstić information content (AvgIpc) is 3.22. The van der Waals surface area contributed by atoms with Crippen LogP contribution >= 0.6 is 0 Å². The number of aliphatic hydroxyl groups excluding tert-OH is 2. The summed E-state index contributed by atoms with van der Waals surface area (Å²) in [5.41, 5.74) is 0.627. The Morgan fingerprint density at radius 2 is 1.11 bits per heavy atom. The van der Waals surface area contributed by atoms with Gasteiger partial charge in [0.1, 0.15) is 6.10 Å². The Labute approximate surface area is 206 Å². The maximum Gasteiger partial charge on any atom is 0.338 e. The second-order valence-electron chi connectivity index (χ2n) is 7.96. The van der Waals surface area contributed by atoms with Gasteiger partial charge in [-0.3, -0.25) is 0 Å². The molecule has 1 saturated heterocycles. The van der Waals surface area contributed by atoms with Gasteiger partial charge in [-0.25, -0.2) is 14.4 Å². The quantitative estimate of drug-likeness (QED) is 0.360. The molecule has 0 aromatic heterocycles. The van der Waals surface area contributed by atoms with Gasteiger partial charge in [0.25, 0.3) is 0 Å². The maximum absolute atomic E-state index is 12.8. The zero-order chi connectivity index (χ0) is 25.5. The fourth-order valence-electron chi connectivity index (χ4n) is 3.74. The Kier molecular flexibility index (Phi) is 8.06. The summed E-state index contributed by atoms with van der Waals surface area (Å²) < 4.78 is 22.0. The first-order valence-corrected chi connectivity index (χ1v) is 11.2. The van der Waals surface area contributed by atoms with Crippen molar-refractivity contribution in [1.82, 2.24) is 0 Å². The lowest BCUT2D eigenvalue weighted by Gasteiger charge is -2.27. The molecule has 0 radical (unpaired) electrons. The molecule has 0 amide bonds. The number of ether oxygens (including phenoxy) is 4. The van der Waals surface area contributed by atoms with Crippen molar-refractivity contribution in [2.75, 3.05) is 6.61 Å². The van der Waals surface area contributed by atoms with Crippen molar-refractivity contribution in [2.45, 2.75) is 30.7 Å². The van der Waals surface area contributed by atoms with Crippen LogP contribution in [0.2, 0.25) is 0 Å². The lowest BCUT2D eigenvalue weighted by Crippen LogP contribution is -2.46. The van der Waals surface area contributed by atoms with Gasteiger partial charge in [0.05, 0.1) is 23.3 Å². The summed E-state index contributed by atoms with van der Waals surface area (Å²) in [7, 11) is 0. The summed E-state index contributed by atoms with van der Waals surface area (Å²) in [5, 5.41) is 20.6. The molecule has 1 heterocycles. The van der Waals surface area contributed by atoms with Crippen LogP contribution in [0.1, 0.15) is 31.1 Å². The number of carbonyl (C=O) groups is 3. The van der Waals surface area contributed by atoms with Crippen molar-refractivity contribution in [1.29, 1.82) is 0 Å². The monoisotopic (exact) mass is 492 g/mol. The van der Waals surface area contributed by atoms with Crippen LogP contribution < -0.4 is 0 Å². The van der Waals surface area contributed by atoms with E-state index in [-0.39, 0.29) is 16.7 Å². The Bertz CT molecular complexity index is 1170. The molecule has 36 heavy (non-hydrogen) atoms. The van der Waals surface area contributed by atoms with E-state index in [4.69, 9.17) is 18.9 Å². The minimum atomic E-state index is -1.72. The zero-order valence-corrected chi connectivity index (χ0v) is 19.0. The highest BCUT2D eigenvalue weighted by atomic mass is 16.7. The predicted octanol–water partition coefficient (Wildman–Crippen LogP) is 2.37. The van der Waals surface area contributed by atoms with Crippen molar-refractivity contribution in [3.8, 4) is 0 Å². The van der Waals surface area contributed by atoms with Gasteiger partial charge in [-0.15, -0.1) is 0 Å². The number of hydrogen-bond donors (Lipinski definition) is 2. The van der Waals surface area contributed by atoms with E-state index in [1.807, 2.05) is 0 Å². The highest BCUT2D eigenvalue weighted by molar-refractivity contribution is 5.91. The molecule has 3 aromatic rings. The molecule has 0 unspecified atom stereocenters. The van der Waals surface area contributed by atoms with E-state index < -0.39 is 55.2 Å². The summed E-state index contributed by atoms with van der Waals surface area (Å²) in [5.74, 6) is -2.33. The summed E-state index contributed by atoms with van der Waals surface area (Å²) in [6.45, 7) is -0.714. The number of hydrogen-bond acceptors (Lipinski definition) is 9. The molecule has 0 spiro atoms. The fourth-order valence-corrected chi connectivity index (χ4v) is 3.74. The molecule has 1 aliphatic heterocycles. The van der Waals surface area contributed by atoms with Crippen LogP contribution in [-0.2, 0) is 18.9 Å². The standard InChI is InChI=1S/C27H24O9/c28-16-20(33-24(29)17-10-4-1-5-11-17)21-22(35-25(30)18-12-6-2-7-13-18)23(27(32)34-21)36-26(31)19-14-8-3-9-15-19/h1-15,20-23,27-28,32H,16H2/t20-,21-,22-,23+,27+/m0/s1. The van der Waals surface area contributed by atoms with Crippen molar-refractivity contribution in [3.05, 3.63) is 108 Å². The number of benzene rings is 3. The van der Waals surface area contributed by atoms with E-state index in [1.165, 1.54) is 36.4 Å². The van der Waals surface area contributed by atoms with Crippen molar-refractivity contribution < 1.29 is 43.5 Å². The van der Waals surface area contributed by atoms with Gasteiger partial charge in [-0.2, -0.15) is 0 Å². The molecular weight excluding hydrogens is 468 g/mol. The summed E-state index contributed by atoms with van der Waals surface area (Å²) in [6, 6.07) is 24.1. The SMILES string of the molecule is O=C(O[C@@H]1[C@@H](OC(=O)c2ccccc2)[C@H](O)O[C@H]1[C@H](CO)OC(=O)c1ccccc1)c1ccccc1. The van der Waals surface area contributed by atoms with E-state index >= 15 is 0 Å². The van der Waals surface area contributed by atoms with Gasteiger partial charge in [0.15, 0.2) is 24.6 Å². The van der Waals surface area contributed by atoms with E-state index in [9.17, 15) is 24.6 Å². The van der Waals surface area contributed by atoms with Gasteiger partial charge in [0, 0.05) is 0 Å². The second-order valence-corrected chi connectivity index (χ2v) is 7.96. The highest BCUT2D eigenvalue weighted by Gasteiger charge is 2.53. The fraction of sp³-hybridized carbons (Fsp3) is 0.222. The second kappa shape index (κ2) is 11.6. The van der Waals surface area contributed by atoms with Crippen molar-refractivity contribution >= 4 is 17.9 Å². The van der Waals surface area contributed by atoms with Crippen LogP contribution in [0.3, 0.4) is 0 Å². The molecule has 0 aliphatic carbocycles. The van der Waals surface area contributed by atoms with Gasteiger partial charge < -0.3 is 29.2 Å². The molecule has 1 fully saturated rings. The van der Waals surface area contributed by atoms with Gasteiger partial charge >= 0.3 is 17.9 Å². The first kappa shape index (κ1) is 25.1. The molecule has 3 aromatic carbocycles. The molecule has 186 valence electrons. The van der Waals surface area contributed by atoms with Crippen LogP contribution in [0, 0.1) is 0 Å². The lowest BCUT2D eigenvalue weighted by atomic mass is 10.0. The van der Waals surface area contributed by atoms with Crippen LogP contribution in [-0.4, -0.2) is 65.4 Å². The normalized spacial score (nSPS) is 21.8. The number of aliphatic hydroxyl groups is 2. The van der Waals surface area contributed by atoms with Gasteiger partial charge in [0.2, 0.25) is 0 Å². The summed E-state index contributed by atoms with van der Waals surface area (Å²) in [6.07, 6.45) is -7.26. The third kappa shape index (κ3) is 5.77. The Morgan fingerprint density at radius 1 is 0.694 bits per heavy atom. The highest BCUT2D eigenvalue weighted by Crippen LogP contribution is 2.30. The summed E-state index contributed by atoms with van der Waals surface area (Å²) in [4.78, 5) is 38.1. The molecule has 0 bridgehead atoms. The molecular formula is C27H24O9. The lowest BCUT2D eigenvalue weighted by molar-refractivity contribution is -0.152. The summed E-state index contributed by atoms with van der Waals surface area (Å²) >= 11 is 0. The molecule has 2 N–H and O–H groups in total. The van der Waals surface area contributed by atoms with Crippen molar-refractivity contribution in [3.63, 3.8) is 0 Å². The van der Waals surface area contributed by atoms with Gasteiger partial charge in [-0.05, 0) is 36.4 Å². The smallest absolute Gasteiger partial charge is 0.338 e. The third-order valence-corrected chi connectivity index (χ3v) is 5.54. The first-order chi connectivity index (χ1) is 17.5. The van der Waals surface area contributed by atoms with Crippen LogP contribution in [0.5, 0.6) is 0 Å². The number of carbonyl (C=O) groups excluding carboxylic acids is 3. The van der Waals surface area contributed by atoms with E-state index in [1.54, 1.807) is 54.6 Å². The number of esters is 3. The molecule has 0 saturated carbocycles. The Hall–Kier alpha value is -4.05. The molecule has 4 rings (SSSR count). The average molecular weight is 492 g/mol. The van der Waals surface area contributed by atoms with Gasteiger partial charge in [-0.1, -0.05) is 54.6 Å². The first-order valence-electron chi connectivity index (χ1n) is 11.2. The molecule has 5 atom stereocenters. The molecule has 9 nitrogen and oxygen atoms in total. The minimum absolute atomic E-state index is 0.201. The van der Waals surface area contributed by atoms with Crippen LogP contribution in [0.4, 0.5) is 0 Å². The maximum atomic E-state index is 12.8. The van der Waals surface area contributed by atoms with E-state index in [0.29, 0.717) is 0 Å². The topological polar surface area (TPSA) is 129 Å². The predicted molar refractivity (Wildman–Crippen MR) is 125 cm³/mol. The van der Waals surface area contributed by atoms with E-state index in [2.05, 4.69) is 0 Å². The van der Waals surface area contributed by atoms with E-state index in [0.717, 1.165) is 0 Å². The van der Waals surface area contributed by atoms with Crippen LogP contribution in [0.25, 0.3) is 0 Å². The Balaban J connectivity index is 1.59. The third-order valence-electron chi connectivity index (χ3n) is 5.54.